The molecule has 0 bridgehead atoms. The van der Waals surface area contributed by atoms with E-state index in [0.717, 1.165) is 10.9 Å². The summed E-state index contributed by atoms with van der Waals surface area (Å²) in [5.74, 6) is 1.88. The van der Waals surface area contributed by atoms with Crippen molar-refractivity contribution >= 4 is 39.7 Å². The van der Waals surface area contributed by atoms with Crippen LogP contribution in [0.4, 0.5) is 0 Å². The minimum atomic E-state index is -0.304. The van der Waals surface area contributed by atoms with Gasteiger partial charge in [0.2, 0.25) is 5.82 Å². The Bertz CT molecular complexity index is 1890. The number of rotatable bonds is 8. The standard InChI is InChI=1S/C32H24ClN3O4/c1-2-38-29-17-21(15-16-28(29)39-20-23-10-3-6-12-25(23)33)19-34-36-31(30-18-22-9-4-8-14-27(22)40-30)35-26-13-7-5-11-24(26)32(36)37/h3-19H,2,20H2,1H3. The van der Waals surface area contributed by atoms with Crippen molar-refractivity contribution < 1.29 is 13.9 Å². The summed E-state index contributed by atoms with van der Waals surface area (Å²) in [7, 11) is 0. The summed E-state index contributed by atoms with van der Waals surface area (Å²) in [6, 6.07) is 29.7. The third kappa shape index (κ3) is 5.07. The summed E-state index contributed by atoms with van der Waals surface area (Å²) in [5.41, 5.74) is 2.54. The molecule has 0 saturated heterocycles. The zero-order chi connectivity index (χ0) is 27.5. The highest BCUT2D eigenvalue weighted by Crippen LogP contribution is 2.30. The van der Waals surface area contributed by atoms with Gasteiger partial charge in [-0.05, 0) is 61.0 Å². The number of hydrogen-bond acceptors (Lipinski definition) is 6. The molecule has 0 amide bonds. The van der Waals surface area contributed by atoms with E-state index in [1.54, 1.807) is 24.4 Å². The molecule has 0 N–H and O–H groups in total. The second kappa shape index (κ2) is 11.1. The van der Waals surface area contributed by atoms with Crippen LogP contribution in [0.25, 0.3) is 33.5 Å². The number of para-hydroxylation sites is 2. The second-order valence-corrected chi connectivity index (χ2v) is 9.39. The molecule has 6 aromatic rings. The van der Waals surface area contributed by atoms with Crippen molar-refractivity contribution in [1.29, 1.82) is 0 Å². The smallest absolute Gasteiger partial charge is 0.282 e. The number of ether oxygens (including phenoxy) is 2. The van der Waals surface area contributed by atoms with E-state index in [0.29, 0.717) is 63.4 Å². The van der Waals surface area contributed by atoms with Crippen LogP contribution in [0.3, 0.4) is 0 Å². The maximum Gasteiger partial charge on any atom is 0.282 e. The van der Waals surface area contributed by atoms with Crippen LogP contribution in [0.2, 0.25) is 5.02 Å². The molecule has 0 aliphatic heterocycles. The van der Waals surface area contributed by atoms with Crippen molar-refractivity contribution in [3.8, 4) is 23.1 Å². The van der Waals surface area contributed by atoms with Gasteiger partial charge >= 0.3 is 0 Å². The average Bonchev–Trinajstić information content (AvgIpc) is 3.41. The first-order valence-corrected chi connectivity index (χ1v) is 13.2. The molecule has 0 unspecified atom stereocenters. The maximum atomic E-state index is 13.5. The molecular weight excluding hydrogens is 526 g/mol. The monoisotopic (exact) mass is 549 g/mol. The fraction of sp³-hybridized carbons (Fsp3) is 0.0938. The van der Waals surface area contributed by atoms with Crippen LogP contribution in [-0.4, -0.2) is 22.5 Å². The number of fused-ring (bicyclic) bond motifs is 2. The molecule has 7 nitrogen and oxygen atoms in total. The Morgan fingerprint density at radius 1 is 0.925 bits per heavy atom. The highest BCUT2D eigenvalue weighted by atomic mass is 35.5. The van der Waals surface area contributed by atoms with Crippen molar-refractivity contribution in [2.75, 3.05) is 6.61 Å². The van der Waals surface area contributed by atoms with Crippen LogP contribution in [-0.2, 0) is 6.61 Å². The van der Waals surface area contributed by atoms with Crippen LogP contribution in [0.15, 0.2) is 111 Å². The lowest BCUT2D eigenvalue weighted by molar-refractivity contribution is 0.269. The lowest BCUT2D eigenvalue weighted by atomic mass is 10.2. The molecule has 0 saturated carbocycles. The normalized spacial score (nSPS) is 11.4. The Kier molecular flexibility index (Phi) is 7.04. The number of halogens is 1. The van der Waals surface area contributed by atoms with E-state index in [1.807, 2.05) is 85.8 Å². The number of benzene rings is 4. The fourth-order valence-electron chi connectivity index (χ4n) is 4.37. The first-order chi connectivity index (χ1) is 19.6. The van der Waals surface area contributed by atoms with Crippen molar-refractivity contribution in [2.24, 2.45) is 5.10 Å². The van der Waals surface area contributed by atoms with Gasteiger partial charge in [-0.2, -0.15) is 9.78 Å². The zero-order valence-electron chi connectivity index (χ0n) is 21.6. The molecular formula is C32H24ClN3O4. The number of nitrogens with zero attached hydrogens (tertiary/aromatic N) is 3. The molecule has 2 heterocycles. The lowest BCUT2D eigenvalue weighted by Gasteiger charge is -2.13. The van der Waals surface area contributed by atoms with Crippen LogP contribution in [0.5, 0.6) is 11.5 Å². The van der Waals surface area contributed by atoms with Gasteiger partial charge in [0, 0.05) is 16.0 Å². The molecule has 0 aliphatic rings. The highest BCUT2D eigenvalue weighted by molar-refractivity contribution is 6.31. The Morgan fingerprint density at radius 3 is 2.58 bits per heavy atom. The summed E-state index contributed by atoms with van der Waals surface area (Å²) < 4.78 is 19.2. The third-order valence-corrected chi connectivity index (χ3v) is 6.70. The van der Waals surface area contributed by atoms with Gasteiger partial charge in [0.1, 0.15) is 12.2 Å². The Morgan fingerprint density at radius 2 is 1.73 bits per heavy atom. The van der Waals surface area contributed by atoms with E-state index >= 15 is 0 Å². The minimum Gasteiger partial charge on any atom is -0.490 e. The molecule has 6 rings (SSSR count). The van der Waals surface area contributed by atoms with E-state index in [1.165, 1.54) is 4.68 Å². The summed E-state index contributed by atoms with van der Waals surface area (Å²) in [5, 5.41) is 6.55. The van der Waals surface area contributed by atoms with Crippen LogP contribution in [0.1, 0.15) is 18.1 Å². The van der Waals surface area contributed by atoms with Gasteiger partial charge in [-0.1, -0.05) is 60.1 Å². The number of aromatic nitrogens is 2. The van der Waals surface area contributed by atoms with Gasteiger partial charge in [0.15, 0.2) is 17.3 Å². The molecule has 198 valence electrons. The van der Waals surface area contributed by atoms with E-state index in [9.17, 15) is 4.79 Å². The van der Waals surface area contributed by atoms with Gasteiger partial charge in [-0.3, -0.25) is 4.79 Å². The average molecular weight is 550 g/mol. The Hall–Kier alpha value is -4.88. The number of hydrogen-bond donors (Lipinski definition) is 0. The molecule has 0 radical (unpaired) electrons. The first-order valence-electron chi connectivity index (χ1n) is 12.8. The predicted octanol–water partition coefficient (Wildman–Crippen LogP) is 7.32. The predicted molar refractivity (Wildman–Crippen MR) is 158 cm³/mol. The summed E-state index contributed by atoms with van der Waals surface area (Å²) in [4.78, 5) is 18.3. The van der Waals surface area contributed by atoms with Gasteiger partial charge < -0.3 is 13.9 Å². The molecule has 8 heteroatoms. The molecule has 2 aromatic heterocycles. The molecule has 40 heavy (non-hydrogen) atoms. The molecule has 0 spiro atoms. The van der Waals surface area contributed by atoms with E-state index in [4.69, 9.17) is 30.5 Å². The fourth-order valence-corrected chi connectivity index (χ4v) is 4.56. The van der Waals surface area contributed by atoms with Gasteiger partial charge in [-0.15, -0.1) is 0 Å². The second-order valence-electron chi connectivity index (χ2n) is 8.98. The summed E-state index contributed by atoms with van der Waals surface area (Å²) in [6.07, 6.45) is 1.59. The number of furan rings is 1. The molecule has 4 aromatic carbocycles. The topological polar surface area (TPSA) is 78.9 Å². The van der Waals surface area contributed by atoms with Crippen molar-refractivity contribution in [3.05, 3.63) is 124 Å². The van der Waals surface area contributed by atoms with Crippen LogP contribution < -0.4 is 15.0 Å². The molecule has 0 aliphatic carbocycles. The Labute approximate surface area is 234 Å². The van der Waals surface area contributed by atoms with Crippen LogP contribution >= 0.6 is 11.6 Å². The summed E-state index contributed by atoms with van der Waals surface area (Å²) in [6.45, 7) is 2.65. The lowest BCUT2D eigenvalue weighted by Crippen LogP contribution is -2.20. The van der Waals surface area contributed by atoms with E-state index in [-0.39, 0.29) is 5.56 Å². The van der Waals surface area contributed by atoms with Crippen molar-refractivity contribution in [3.63, 3.8) is 0 Å². The quantitative estimate of drug-likeness (QED) is 0.186. The van der Waals surface area contributed by atoms with Crippen LogP contribution in [0, 0.1) is 0 Å². The highest BCUT2D eigenvalue weighted by Gasteiger charge is 2.16. The van der Waals surface area contributed by atoms with Crippen molar-refractivity contribution in [1.82, 2.24) is 9.66 Å². The van der Waals surface area contributed by atoms with E-state index in [2.05, 4.69) is 5.10 Å². The van der Waals surface area contributed by atoms with Gasteiger partial charge in [0.05, 0.1) is 23.7 Å². The first kappa shape index (κ1) is 25.4. The third-order valence-electron chi connectivity index (χ3n) is 6.33. The van der Waals surface area contributed by atoms with Gasteiger partial charge in [0.25, 0.3) is 5.56 Å². The van der Waals surface area contributed by atoms with Crippen molar-refractivity contribution in [2.45, 2.75) is 13.5 Å². The molecule has 0 atom stereocenters. The van der Waals surface area contributed by atoms with Gasteiger partial charge in [-0.25, -0.2) is 4.98 Å². The largest absolute Gasteiger partial charge is 0.490 e. The SMILES string of the molecule is CCOc1cc(C=Nn2c(-c3cc4ccccc4o3)nc3ccccc3c2=O)ccc1OCc1ccccc1Cl. The summed E-state index contributed by atoms with van der Waals surface area (Å²) >= 11 is 6.28. The Balaban J connectivity index is 1.38. The molecule has 0 fully saturated rings. The zero-order valence-corrected chi connectivity index (χ0v) is 22.3. The van der Waals surface area contributed by atoms with E-state index < -0.39 is 0 Å². The minimum absolute atomic E-state index is 0.298. The maximum absolute atomic E-state index is 13.5.